The molecule has 2 rings (SSSR count). The van der Waals surface area contributed by atoms with E-state index in [1.54, 1.807) is 0 Å². The van der Waals surface area contributed by atoms with Crippen molar-refractivity contribution in [3.63, 3.8) is 0 Å². The smallest absolute Gasteiger partial charge is 0.122 e. The van der Waals surface area contributed by atoms with Crippen LogP contribution in [0, 0.1) is 0 Å². The zero-order chi connectivity index (χ0) is 13.5. The van der Waals surface area contributed by atoms with E-state index in [-0.39, 0.29) is 0 Å². The molecule has 102 valence electrons. The van der Waals surface area contributed by atoms with Crippen LogP contribution < -0.4 is 5.32 Å². The predicted molar refractivity (Wildman–Crippen MR) is 78.0 cm³/mol. The summed E-state index contributed by atoms with van der Waals surface area (Å²) in [6, 6.07) is 10.5. The molecular formula is C15H22N4. The van der Waals surface area contributed by atoms with Crippen LogP contribution in [0.3, 0.4) is 0 Å². The maximum Gasteiger partial charge on any atom is 0.122 e. The second kappa shape index (κ2) is 7.07. The van der Waals surface area contributed by atoms with E-state index in [2.05, 4.69) is 58.1 Å². The molecule has 2 aromatic rings. The molecule has 1 heterocycles. The number of rotatable bonds is 7. The van der Waals surface area contributed by atoms with E-state index in [4.69, 9.17) is 0 Å². The summed E-state index contributed by atoms with van der Waals surface area (Å²) in [6.07, 6.45) is 3.90. The number of nitrogens with zero attached hydrogens (tertiary/aromatic N) is 3. The Balaban J connectivity index is 1.87. The van der Waals surface area contributed by atoms with Crippen LogP contribution in [-0.4, -0.2) is 41.6 Å². The van der Waals surface area contributed by atoms with Gasteiger partial charge in [-0.25, -0.2) is 4.98 Å². The molecular weight excluding hydrogens is 236 g/mol. The monoisotopic (exact) mass is 258 g/mol. The highest BCUT2D eigenvalue weighted by Crippen LogP contribution is 2.05. The molecule has 0 unspecified atom stereocenters. The van der Waals surface area contributed by atoms with Gasteiger partial charge in [-0.1, -0.05) is 30.3 Å². The van der Waals surface area contributed by atoms with Gasteiger partial charge >= 0.3 is 0 Å². The van der Waals surface area contributed by atoms with Crippen molar-refractivity contribution < 1.29 is 0 Å². The molecule has 1 N–H and O–H groups in total. The van der Waals surface area contributed by atoms with Gasteiger partial charge in [0, 0.05) is 32.0 Å². The molecule has 0 aliphatic heterocycles. The molecule has 4 nitrogen and oxygen atoms in total. The van der Waals surface area contributed by atoms with Crippen LogP contribution in [0.25, 0.3) is 0 Å². The van der Waals surface area contributed by atoms with Gasteiger partial charge in [-0.15, -0.1) is 0 Å². The van der Waals surface area contributed by atoms with Gasteiger partial charge in [-0.05, 0) is 19.7 Å². The fourth-order valence-corrected chi connectivity index (χ4v) is 1.93. The highest BCUT2D eigenvalue weighted by Gasteiger charge is 2.03. The molecule has 0 amide bonds. The van der Waals surface area contributed by atoms with E-state index in [1.165, 1.54) is 5.56 Å². The Bertz CT molecular complexity index is 476. The number of benzene rings is 1. The van der Waals surface area contributed by atoms with Crippen LogP contribution in [0.1, 0.15) is 11.4 Å². The molecule has 19 heavy (non-hydrogen) atoms. The summed E-state index contributed by atoms with van der Waals surface area (Å²) in [6.45, 7) is 3.71. The van der Waals surface area contributed by atoms with Crippen LogP contribution in [0.15, 0.2) is 42.7 Å². The average Bonchev–Trinajstić information content (AvgIpc) is 2.83. The van der Waals surface area contributed by atoms with Crippen LogP contribution in [0.2, 0.25) is 0 Å². The summed E-state index contributed by atoms with van der Waals surface area (Å²) >= 11 is 0. The number of imidazole rings is 1. The first-order chi connectivity index (χ1) is 9.25. The summed E-state index contributed by atoms with van der Waals surface area (Å²) in [5.74, 6) is 1.09. The Hall–Kier alpha value is -1.65. The average molecular weight is 258 g/mol. The summed E-state index contributed by atoms with van der Waals surface area (Å²) in [7, 11) is 4.16. The molecule has 0 saturated heterocycles. The van der Waals surface area contributed by atoms with Crippen molar-refractivity contribution in [1.29, 1.82) is 0 Å². The maximum absolute atomic E-state index is 4.42. The van der Waals surface area contributed by atoms with Gasteiger partial charge < -0.3 is 14.8 Å². The number of hydrogen-bond donors (Lipinski definition) is 1. The first-order valence-corrected chi connectivity index (χ1v) is 6.65. The Labute approximate surface area is 115 Å². The minimum Gasteiger partial charge on any atom is -0.329 e. The van der Waals surface area contributed by atoms with Gasteiger partial charge in [0.25, 0.3) is 0 Å². The fourth-order valence-electron chi connectivity index (χ4n) is 1.93. The standard InChI is InChI=1S/C15H22N4/c1-18(2)10-8-16-12-15-17-9-11-19(15)13-14-6-4-3-5-7-14/h3-7,9,11,16H,8,10,12-13H2,1-2H3. The van der Waals surface area contributed by atoms with Gasteiger partial charge in [0.15, 0.2) is 0 Å². The molecule has 0 saturated carbocycles. The molecule has 0 atom stereocenters. The number of hydrogen-bond acceptors (Lipinski definition) is 3. The van der Waals surface area contributed by atoms with E-state index >= 15 is 0 Å². The minimum absolute atomic E-state index is 0.813. The lowest BCUT2D eigenvalue weighted by Crippen LogP contribution is -2.27. The third kappa shape index (κ3) is 4.50. The molecule has 0 bridgehead atoms. The lowest BCUT2D eigenvalue weighted by atomic mass is 10.2. The van der Waals surface area contributed by atoms with E-state index in [9.17, 15) is 0 Å². The highest BCUT2D eigenvalue weighted by atomic mass is 15.1. The van der Waals surface area contributed by atoms with E-state index < -0.39 is 0 Å². The van der Waals surface area contributed by atoms with Crippen molar-refractivity contribution in [2.24, 2.45) is 0 Å². The highest BCUT2D eigenvalue weighted by molar-refractivity contribution is 5.15. The van der Waals surface area contributed by atoms with Gasteiger partial charge in [0.05, 0.1) is 6.54 Å². The van der Waals surface area contributed by atoms with Gasteiger partial charge in [0.1, 0.15) is 5.82 Å². The van der Waals surface area contributed by atoms with Gasteiger partial charge in [-0.3, -0.25) is 0 Å². The first kappa shape index (κ1) is 13.8. The van der Waals surface area contributed by atoms with E-state index in [0.29, 0.717) is 0 Å². The molecule has 0 spiro atoms. The Morgan fingerprint density at radius 1 is 1.21 bits per heavy atom. The Morgan fingerprint density at radius 2 is 2.00 bits per heavy atom. The van der Waals surface area contributed by atoms with Gasteiger partial charge in [-0.2, -0.15) is 0 Å². The van der Waals surface area contributed by atoms with Crippen molar-refractivity contribution in [3.8, 4) is 0 Å². The zero-order valence-corrected chi connectivity index (χ0v) is 11.7. The second-order valence-corrected chi connectivity index (χ2v) is 4.94. The molecule has 0 fully saturated rings. The molecule has 0 aliphatic carbocycles. The fraction of sp³-hybridized carbons (Fsp3) is 0.400. The zero-order valence-electron chi connectivity index (χ0n) is 11.7. The normalized spacial score (nSPS) is 11.1. The van der Waals surface area contributed by atoms with Crippen LogP contribution >= 0.6 is 0 Å². The maximum atomic E-state index is 4.42. The Kier molecular flexibility index (Phi) is 5.12. The third-order valence-electron chi connectivity index (χ3n) is 3.02. The second-order valence-electron chi connectivity index (χ2n) is 4.94. The van der Waals surface area contributed by atoms with Crippen molar-refractivity contribution in [2.75, 3.05) is 27.2 Å². The van der Waals surface area contributed by atoms with Crippen molar-refractivity contribution in [2.45, 2.75) is 13.1 Å². The number of likely N-dealkylation sites (N-methyl/N-ethyl adjacent to an activating group) is 1. The van der Waals surface area contributed by atoms with Crippen LogP contribution in [0.5, 0.6) is 0 Å². The molecule has 4 heteroatoms. The lowest BCUT2D eigenvalue weighted by Gasteiger charge is -2.11. The molecule has 1 aromatic heterocycles. The lowest BCUT2D eigenvalue weighted by molar-refractivity contribution is 0.398. The predicted octanol–water partition coefficient (Wildman–Crippen LogP) is 1.58. The topological polar surface area (TPSA) is 33.1 Å². The number of aromatic nitrogens is 2. The summed E-state index contributed by atoms with van der Waals surface area (Å²) in [4.78, 5) is 6.59. The molecule has 0 radical (unpaired) electrons. The SMILES string of the molecule is CN(C)CCNCc1nccn1Cc1ccccc1. The van der Waals surface area contributed by atoms with Crippen molar-refractivity contribution in [3.05, 3.63) is 54.1 Å². The summed E-state index contributed by atoms with van der Waals surface area (Å²) in [5, 5.41) is 3.42. The molecule has 1 aromatic carbocycles. The van der Waals surface area contributed by atoms with Crippen molar-refractivity contribution >= 4 is 0 Å². The van der Waals surface area contributed by atoms with Gasteiger partial charge in [0.2, 0.25) is 0 Å². The van der Waals surface area contributed by atoms with Crippen LogP contribution in [-0.2, 0) is 13.1 Å². The van der Waals surface area contributed by atoms with Crippen LogP contribution in [0.4, 0.5) is 0 Å². The van der Waals surface area contributed by atoms with Crippen molar-refractivity contribution in [1.82, 2.24) is 19.8 Å². The third-order valence-corrected chi connectivity index (χ3v) is 3.02. The summed E-state index contributed by atoms with van der Waals surface area (Å²) in [5.41, 5.74) is 1.30. The number of nitrogens with one attached hydrogen (secondary N) is 1. The van der Waals surface area contributed by atoms with E-state index in [1.807, 2.05) is 18.5 Å². The quantitative estimate of drug-likeness (QED) is 0.766. The largest absolute Gasteiger partial charge is 0.329 e. The minimum atomic E-state index is 0.813. The molecule has 0 aliphatic rings. The summed E-state index contributed by atoms with van der Waals surface area (Å²) < 4.78 is 2.19. The Morgan fingerprint density at radius 3 is 2.74 bits per heavy atom. The first-order valence-electron chi connectivity index (χ1n) is 6.65. The van der Waals surface area contributed by atoms with E-state index in [0.717, 1.165) is 32.0 Å².